The molecule has 1 aliphatic rings. The number of rotatable bonds is 2. The smallest absolute Gasteiger partial charge is 0.324 e. The Hall–Kier alpha value is -2.04. The van der Waals surface area contributed by atoms with Crippen LogP contribution in [0.3, 0.4) is 0 Å². The van der Waals surface area contributed by atoms with Crippen molar-refractivity contribution in [2.75, 3.05) is 5.01 Å². The van der Waals surface area contributed by atoms with E-state index in [0.717, 1.165) is 5.56 Å². The molecular weight excluding hydrogens is 309 g/mol. The number of hydrogen-bond donors (Lipinski definition) is 1. The van der Waals surface area contributed by atoms with E-state index in [1.54, 1.807) is 24.4 Å². The fourth-order valence-electron chi connectivity index (χ4n) is 2.09. The first-order chi connectivity index (χ1) is 10.1. The minimum Gasteiger partial charge on any atom is -0.324 e. The van der Waals surface area contributed by atoms with Crippen LogP contribution in [0, 0.1) is 0 Å². The third-order valence-electron chi connectivity index (χ3n) is 3.05. The van der Waals surface area contributed by atoms with Crippen molar-refractivity contribution in [3.63, 3.8) is 0 Å². The normalized spacial score (nSPS) is 17.7. The highest BCUT2D eigenvalue weighted by Crippen LogP contribution is 2.27. The van der Waals surface area contributed by atoms with Gasteiger partial charge in [-0.25, -0.2) is 4.79 Å². The van der Waals surface area contributed by atoms with Gasteiger partial charge in [0, 0.05) is 10.0 Å². The van der Waals surface area contributed by atoms with Gasteiger partial charge in [-0.15, -0.1) is 0 Å². The van der Waals surface area contributed by atoms with Crippen molar-refractivity contribution in [3.8, 4) is 0 Å². The van der Waals surface area contributed by atoms with Crippen molar-refractivity contribution in [1.82, 2.24) is 5.32 Å². The molecule has 2 aromatic rings. The molecule has 0 aliphatic carbocycles. The molecule has 0 fully saturated rings. The van der Waals surface area contributed by atoms with E-state index >= 15 is 0 Å². The number of urea groups is 1. The molecule has 6 heteroatoms. The maximum atomic E-state index is 12.2. The molecule has 1 unspecified atom stereocenters. The summed E-state index contributed by atoms with van der Waals surface area (Å²) < 4.78 is 0. The summed E-state index contributed by atoms with van der Waals surface area (Å²) in [6.45, 7) is 0. The van der Waals surface area contributed by atoms with Crippen molar-refractivity contribution >= 4 is 41.1 Å². The van der Waals surface area contributed by atoms with Crippen molar-refractivity contribution in [2.45, 2.75) is 6.04 Å². The number of nitrogens with one attached hydrogen (secondary N) is 1. The van der Waals surface area contributed by atoms with Gasteiger partial charge in [0.15, 0.2) is 0 Å². The van der Waals surface area contributed by atoms with E-state index in [1.807, 2.05) is 30.3 Å². The second-order valence-corrected chi connectivity index (χ2v) is 5.41. The van der Waals surface area contributed by atoms with Crippen LogP contribution >= 0.6 is 23.2 Å². The molecule has 0 radical (unpaired) electrons. The monoisotopic (exact) mass is 319 g/mol. The Kier molecular flexibility index (Phi) is 3.82. The predicted molar refractivity (Wildman–Crippen MR) is 85.1 cm³/mol. The van der Waals surface area contributed by atoms with Crippen LogP contribution in [0.15, 0.2) is 53.6 Å². The minimum absolute atomic E-state index is 0.246. The predicted octanol–water partition coefficient (Wildman–Crippen LogP) is 4.25. The number of anilines is 1. The number of hydrogen-bond acceptors (Lipinski definition) is 2. The Balaban J connectivity index is 1.89. The summed E-state index contributed by atoms with van der Waals surface area (Å²) in [5, 5.41) is 9.20. The van der Waals surface area contributed by atoms with Crippen LogP contribution in [0.5, 0.6) is 0 Å². The van der Waals surface area contributed by atoms with E-state index in [4.69, 9.17) is 23.2 Å². The lowest BCUT2D eigenvalue weighted by Gasteiger charge is -2.26. The standard InChI is InChI=1S/C15H11Cl2N3O/c16-11-6-12(17)8-13(7-11)20-15(21)19-14(9-18-20)10-4-2-1-3-5-10/h1-9,14H,(H,19,21). The molecular formula is C15H11Cl2N3O. The zero-order valence-corrected chi connectivity index (χ0v) is 12.3. The molecule has 21 heavy (non-hydrogen) atoms. The summed E-state index contributed by atoms with van der Waals surface area (Å²) in [4.78, 5) is 12.2. The van der Waals surface area contributed by atoms with Crippen molar-refractivity contribution in [2.24, 2.45) is 5.10 Å². The van der Waals surface area contributed by atoms with Gasteiger partial charge in [-0.3, -0.25) is 0 Å². The van der Waals surface area contributed by atoms with E-state index in [9.17, 15) is 4.79 Å². The van der Waals surface area contributed by atoms with Crippen LogP contribution in [0.25, 0.3) is 0 Å². The van der Waals surface area contributed by atoms with Gasteiger partial charge in [0.2, 0.25) is 0 Å². The van der Waals surface area contributed by atoms with Gasteiger partial charge >= 0.3 is 6.03 Å². The van der Waals surface area contributed by atoms with Crippen molar-refractivity contribution in [1.29, 1.82) is 0 Å². The number of amides is 2. The van der Waals surface area contributed by atoms with Crippen LogP contribution in [-0.4, -0.2) is 12.2 Å². The second-order valence-electron chi connectivity index (χ2n) is 4.54. The van der Waals surface area contributed by atoms with Gasteiger partial charge in [0.1, 0.15) is 0 Å². The van der Waals surface area contributed by atoms with Gasteiger partial charge < -0.3 is 5.32 Å². The molecule has 0 bridgehead atoms. The topological polar surface area (TPSA) is 44.7 Å². The van der Waals surface area contributed by atoms with Crippen LogP contribution < -0.4 is 10.3 Å². The van der Waals surface area contributed by atoms with E-state index in [2.05, 4.69) is 10.4 Å². The first-order valence-corrected chi connectivity index (χ1v) is 7.05. The number of carbonyl (C=O) groups is 1. The highest BCUT2D eigenvalue weighted by molar-refractivity contribution is 6.35. The summed E-state index contributed by atoms with van der Waals surface area (Å²) in [6, 6.07) is 13.9. The molecule has 1 N–H and O–H groups in total. The zero-order valence-electron chi connectivity index (χ0n) is 10.8. The Labute approximate surface area is 132 Å². The Morgan fingerprint density at radius 3 is 2.33 bits per heavy atom. The number of halogens is 2. The first kappa shape index (κ1) is 13.9. The number of nitrogens with zero attached hydrogens (tertiary/aromatic N) is 2. The molecule has 2 amide bonds. The maximum absolute atomic E-state index is 12.2. The Bertz CT molecular complexity index is 683. The van der Waals surface area contributed by atoms with Crippen LogP contribution in [0.2, 0.25) is 10.0 Å². The quantitative estimate of drug-likeness (QED) is 0.883. The average molecular weight is 320 g/mol. The van der Waals surface area contributed by atoms with E-state index in [1.165, 1.54) is 5.01 Å². The lowest BCUT2D eigenvalue weighted by Crippen LogP contribution is -2.43. The summed E-state index contributed by atoms with van der Waals surface area (Å²) in [7, 11) is 0. The number of carbonyl (C=O) groups excluding carboxylic acids is 1. The highest BCUT2D eigenvalue weighted by Gasteiger charge is 2.24. The minimum atomic E-state index is -0.329. The zero-order chi connectivity index (χ0) is 14.8. The van der Waals surface area contributed by atoms with E-state index in [0.29, 0.717) is 15.7 Å². The third-order valence-corrected chi connectivity index (χ3v) is 3.49. The summed E-state index contributed by atoms with van der Waals surface area (Å²) in [6.07, 6.45) is 1.67. The Morgan fingerprint density at radius 2 is 1.71 bits per heavy atom. The molecule has 0 spiro atoms. The largest absolute Gasteiger partial charge is 0.343 e. The fraction of sp³-hybridized carbons (Fsp3) is 0.0667. The molecule has 106 valence electrons. The molecule has 3 rings (SSSR count). The van der Waals surface area contributed by atoms with Crippen LogP contribution in [0.4, 0.5) is 10.5 Å². The second kappa shape index (κ2) is 5.76. The molecule has 0 saturated heterocycles. The summed E-state index contributed by atoms with van der Waals surface area (Å²) in [5.74, 6) is 0. The molecule has 4 nitrogen and oxygen atoms in total. The van der Waals surface area contributed by atoms with Gasteiger partial charge in [-0.2, -0.15) is 10.1 Å². The summed E-state index contributed by atoms with van der Waals surface area (Å²) in [5.41, 5.74) is 1.49. The Morgan fingerprint density at radius 1 is 1.05 bits per heavy atom. The van der Waals surface area contributed by atoms with Gasteiger partial charge in [0.05, 0.1) is 17.9 Å². The van der Waals surface area contributed by atoms with Gasteiger partial charge in [-0.05, 0) is 23.8 Å². The molecule has 0 aromatic heterocycles. The lowest BCUT2D eigenvalue weighted by atomic mass is 10.1. The van der Waals surface area contributed by atoms with E-state index in [-0.39, 0.29) is 12.1 Å². The molecule has 1 aliphatic heterocycles. The van der Waals surface area contributed by atoms with Crippen molar-refractivity contribution < 1.29 is 4.79 Å². The summed E-state index contributed by atoms with van der Waals surface area (Å²) >= 11 is 11.9. The van der Waals surface area contributed by atoms with Crippen LogP contribution in [-0.2, 0) is 0 Å². The van der Waals surface area contributed by atoms with Crippen LogP contribution in [0.1, 0.15) is 11.6 Å². The molecule has 0 saturated carbocycles. The molecule has 1 atom stereocenters. The molecule has 1 heterocycles. The molecule has 2 aromatic carbocycles. The number of hydrazone groups is 1. The van der Waals surface area contributed by atoms with E-state index < -0.39 is 0 Å². The SMILES string of the molecule is O=C1NC(c2ccccc2)C=NN1c1cc(Cl)cc(Cl)c1. The number of benzene rings is 2. The van der Waals surface area contributed by atoms with Gasteiger partial charge in [0.25, 0.3) is 0 Å². The first-order valence-electron chi connectivity index (χ1n) is 6.29. The van der Waals surface area contributed by atoms with Gasteiger partial charge in [-0.1, -0.05) is 53.5 Å². The fourth-order valence-corrected chi connectivity index (χ4v) is 2.61. The van der Waals surface area contributed by atoms with Crippen molar-refractivity contribution in [3.05, 3.63) is 64.1 Å². The lowest BCUT2D eigenvalue weighted by molar-refractivity contribution is 0.244. The average Bonchev–Trinajstić information content (AvgIpc) is 2.47. The third kappa shape index (κ3) is 3.01. The maximum Gasteiger partial charge on any atom is 0.343 e. The highest BCUT2D eigenvalue weighted by atomic mass is 35.5.